The smallest absolute Gasteiger partial charge is 0.169 e. The van der Waals surface area contributed by atoms with Crippen LogP contribution in [0, 0.1) is 0 Å². The van der Waals surface area contributed by atoms with Crippen molar-refractivity contribution >= 4 is 0 Å². The summed E-state index contributed by atoms with van der Waals surface area (Å²) in [5, 5.41) is 0. The van der Waals surface area contributed by atoms with Gasteiger partial charge in [0.05, 0.1) is 12.7 Å². The lowest BCUT2D eigenvalue weighted by atomic mass is 9.81. The van der Waals surface area contributed by atoms with Gasteiger partial charge in [-0.15, -0.1) is 0 Å². The molecule has 0 N–H and O–H groups in total. The third-order valence-corrected chi connectivity index (χ3v) is 4.03. The molecule has 1 spiro atoms. The molecule has 3 atom stereocenters. The maximum absolute atomic E-state index is 6.20. The Hall–Kier alpha value is -0.380. The molecule has 84 valence electrons. The second kappa shape index (κ2) is 3.06. The van der Waals surface area contributed by atoms with Gasteiger partial charge in [0, 0.05) is 13.5 Å². The molecule has 0 saturated carbocycles. The highest BCUT2D eigenvalue weighted by Gasteiger charge is 2.60. The monoisotopic (exact) mass is 210 g/mol. The lowest BCUT2D eigenvalue weighted by Crippen LogP contribution is -2.40. The molecule has 0 aromatic carbocycles. The average molecular weight is 210 g/mol. The van der Waals surface area contributed by atoms with E-state index in [0.29, 0.717) is 0 Å². The molecule has 2 fully saturated rings. The molecule has 1 unspecified atom stereocenters. The molecular weight excluding hydrogens is 192 g/mol. The van der Waals surface area contributed by atoms with Crippen LogP contribution in [0.15, 0.2) is 11.6 Å². The van der Waals surface area contributed by atoms with Crippen LogP contribution in [-0.2, 0) is 14.2 Å². The van der Waals surface area contributed by atoms with Gasteiger partial charge in [0.2, 0.25) is 0 Å². The van der Waals surface area contributed by atoms with Crippen molar-refractivity contribution in [2.24, 2.45) is 0 Å². The number of ether oxygens (including phenoxy) is 3. The van der Waals surface area contributed by atoms with Crippen molar-refractivity contribution in [3.8, 4) is 0 Å². The largest absolute Gasteiger partial charge is 0.370 e. The molecule has 3 nitrogen and oxygen atoms in total. The molecule has 0 aromatic heterocycles. The fourth-order valence-electron chi connectivity index (χ4n) is 3.14. The van der Waals surface area contributed by atoms with Crippen molar-refractivity contribution in [3.05, 3.63) is 11.6 Å². The van der Waals surface area contributed by atoms with Crippen molar-refractivity contribution in [1.29, 1.82) is 0 Å². The van der Waals surface area contributed by atoms with E-state index in [4.69, 9.17) is 14.2 Å². The maximum atomic E-state index is 6.20. The first-order valence-corrected chi connectivity index (χ1v) is 5.75. The lowest BCUT2D eigenvalue weighted by Gasteiger charge is -2.34. The number of methoxy groups -OCH3 is 1. The summed E-state index contributed by atoms with van der Waals surface area (Å²) in [4.78, 5) is 0. The third kappa shape index (κ3) is 1.23. The standard InChI is InChI=1S/C12H18O3/c1-11(13-2)7-10-12(15-11)6-4-3-5-9(12)8-14-10/h5,10H,3-4,6-8H2,1-2H3/t10-,11?,12-/m0/s1. The zero-order valence-corrected chi connectivity index (χ0v) is 9.41. The topological polar surface area (TPSA) is 27.7 Å². The third-order valence-electron chi connectivity index (χ3n) is 4.03. The SMILES string of the molecule is COC1(C)C[C@@H]2OCC3=CCCC[C@]32O1. The van der Waals surface area contributed by atoms with E-state index >= 15 is 0 Å². The zero-order valence-electron chi connectivity index (χ0n) is 9.41. The first-order valence-electron chi connectivity index (χ1n) is 5.75. The number of hydrogen-bond donors (Lipinski definition) is 0. The van der Waals surface area contributed by atoms with Crippen LogP contribution in [0.1, 0.15) is 32.6 Å². The lowest BCUT2D eigenvalue weighted by molar-refractivity contribution is -0.221. The van der Waals surface area contributed by atoms with Gasteiger partial charge >= 0.3 is 0 Å². The first kappa shape index (κ1) is 9.82. The fourth-order valence-corrected chi connectivity index (χ4v) is 3.14. The molecule has 1 aliphatic carbocycles. The highest BCUT2D eigenvalue weighted by Crippen LogP contribution is 2.52. The van der Waals surface area contributed by atoms with Gasteiger partial charge in [-0.05, 0) is 31.8 Å². The van der Waals surface area contributed by atoms with Gasteiger partial charge < -0.3 is 14.2 Å². The fraction of sp³-hybridized carbons (Fsp3) is 0.833. The van der Waals surface area contributed by atoms with Gasteiger partial charge in [0.15, 0.2) is 5.79 Å². The van der Waals surface area contributed by atoms with Crippen LogP contribution in [0.5, 0.6) is 0 Å². The molecule has 0 bridgehead atoms. The van der Waals surface area contributed by atoms with Crippen LogP contribution in [0.25, 0.3) is 0 Å². The zero-order chi connectivity index (χ0) is 10.5. The summed E-state index contributed by atoms with van der Waals surface area (Å²) >= 11 is 0. The molecule has 0 aromatic rings. The molecule has 0 amide bonds. The van der Waals surface area contributed by atoms with E-state index in [1.165, 1.54) is 18.4 Å². The van der Waals surface area contributed by atoms with E-state index in [1.54, 1.807) is 7.11 Å². The van der Waals surface area contributed by atoms with Gasteiger partial charge in [-0.2, -0.15) is 0 Å². The van der Waals surface area contributed by atoms with Gasteiger partial charge in [-0.1, -0.05) is 6.08 Å². The van der Waals surface area contributed by atoms with Gasteiger partial charge in [0.25, 0.3) is 0 Å². The first-order chi connectivity index (χ1) is 7.19. The van der Waals surface area contributed by atoms with E-state index in [2.05, 4.69) is 6.08 Å². The van der Waals surface area contributed by atoms with Gasteiger partial charge in [-0.3, -0.25) is 0 Å². The van der Waals surface area contributed by atoms with Crippen LogP contribution in [0.3, 0.4) is 0 Å². The minimum absolute atomic E-state index is 0.150. The van der Waals surface area contributed by atoms with Crippen LogP contribution in [0.4, 0.5) is 0 Å². The van der Waals surface area contributed by atoms with Crippen LogP contribution in [0.2, 0.25) is 0 Å². The molecule has 15 heavy (non-hydrogen) atoms. The number of allylic oxidation sites excluding steroid dienone is 1. The summed E-state index contributed by atoms with van der Waals surface area (Å²) in [6.45, 7) is 2.76. The minimum atomic E-state index is -0.457. The van der Waals surface area contributed by atoms with E-state index in [9.17, 15) is 0 Å². The molecule has 2 saturated heterocycles. The van der Waals surface area contributed by atoms with Crippen molar-refractivity contribution < 1.29 is 14.2 Å². The van der Waals surface area contributed by atoms with E-state index < -0.39 is 5.79 Å². The normalized spacial score (nSPS) is 48.7. The Kier molecular flexibility index (Phi) is 2.00. The van der Waals surface area contributed by atoms with Crippen LogP contribution in [-0.4, -0.2) is 31.2 Å². The minimum Gasteiger partial charge on any atom is -0.370 e. The predicted molar refractivity (Wildman–Crippen MR) is 55.5 cm³/mol. The Morgan fingerprint density at radius 1 is 1.53 bits per heavy atom. The van der Waals surface area contributed by atoms with Crippen molar-refractivity contribution in [1.82, 2.24) is 0 Å². The molecule has 3 aliphatic rings. The molecule has 3 rings (SSSR count). The van der Waals surface area contributed by atoms with Gasteiger partial charge in [-0.25, -0.2) is 0 Å². The highest BCUT2D eigenvalue weighted by molar-refractivity contribution is 5.29. The Bertz CT molecular complexity index is 312. The quantitative estimate of drug-likeness (QED) is 0.620. The summed E-state index contributed by atoms with van der Waals surface area (Å²) in [5.41, 5.74) is 1.20. The average Bonchev–Trinajstić information content (AvgIpc) is 2.69. The number of rotatable bonds is 1. The maximum Gasteiger partial charge on any atom is 0.169 e. The Morgan fingerprint density at radius 2 is 2.40 bits per heavy atom. The molecule has 2 heterocycles. The summed E-state index contributed by atoms with van der Waals surface area (Å²) in [7, 11) is 1.71. The molecule has 2 aliphatic heterocycles. The highest BCUT2D eigenvalue weighted by atomic mass is 16.7. The van der Waals surface area contributed by atoms with E-state index in [1.807, 2.05) is 6.92 Å². The summed E-state index contributed by atoms with van der Waals surface area (Å²) in [6.07, 6.45) is 6.80. The molecule has 0 radical (unpaired) electrons. The summed E-state index contributed by atoms with van der Waals surface area (Å²) in [6, 6.07) is 0. The van der Waals surface area contributed by atoms with Crippen LogP contribution >= 0.6 is 0 Å². The van der Waals surface area contributed by atoms with Crippen molar-refractivity contribution in [2.75, 3.05) is 13.7 Å². The van der Waals surface area contributed by atoms with E-state index in [-0.39, 0.29) is 11.7 Å². The van der Waals surface area contributed by atoms with E-state index in [0.717, 1.165) is 19.4 Å². The van der Waals surface area contributed by atoms with Crippen molar-refractivity contribution in [3.63, 3.8) is 0 Å². The Balaban J connectivity index is 1.96. The second-order valence-electron chi connectivity index (χ2n) is 4.95. The van der Waals surface area contributed by atoms with Crippen molar-refractivity contribution in [2.45, 2.75) is 50.1 Å². The second-order valence-corrected chi connectivity index (χ2v) is 4.95. The summed E-state index contributed by atoms with van der Waals surface area (Å²) < 4.78 is 17.5. The summed E-state index contributed by atoms with van der Waals surface area (Å²) in [5.74, 6) is -0.457. The van der Waals surface area contributed by atoms with Crippen LogP contribution < -0.4 is 0 Å². The molecular formula is C12H18O3. The van der Waals surface area contributed by atoms with Gasteiger partial charge in [0.1, 0.15) is 5.60 Å². The Labute approximate surface area is 90.4 Å². The number of hydrogen-bond acceptors (Lipinski definition) is 3. The predicted octanol–water partition coefficient (Wildman–Crippen LogP) is 2.02. The molecule has 3 heteroatoms. The Morgan fingerprint density at radius 3 is 3.20 bits per heavy atom.